The maximum absolute atomic E-state index is 13.8. The predicted octanol–water partition coefficient (Wildman–Crippen LogP) is 5.15. The molecule has 0 saturated carbocycles. The zero-order valence-corrected chi connectivity index (χ0v) is 13.1. The summed E-state index contributed by atoms with van der Waals surface area (Å²) in [6.07, 6.45) is 1.58. The minimum Gasteiger partial charge on any atom is -0.360 e. The Labute approximate surface area is 134 Å². The Morgan fingerprint density at radius 2 is 2.10 bits per heavy atom. The van der Waals surface area contributed by atoms with Gasteiger partial charge in [-0.05, 0) is 30.3 Å². The normalized spacial score (nSPS) is 11.0. The van der Waals surface area contributed by atoms with Crippen LogP contribution in [-0.2, 0) is 6.42 Å². The van der Waals surface area contributed by atoms with Crippen molar-refractivity contribution in [3.05, 3.63) is 69.0 Å². The van der Waals surface area contributed by atoms with E-state index in [1.165, 1.54) is 12.1 Å². The number of hydrogen-bond acceptors (Lipinski definition) is 1. The van der Waals surface area contributed by atoms with Gasteiger partial charge in [-0.25, -0.2) is 4.39 Å². The number of nitrogens with one attached hydrogen (secondary N) is 1. The van der Waals surface area contributed by atoms with E-state index in [1.54, 1.807) is 12.3 Å². The number of rotatable bonds is 3. The Kier molecular flexibility index (Phi) is 3.83. The van der Waals surface area contributed by atoms with Crippen molar-refractivity contribution in [2.45, 2.75) is 6.42 Å². The Morgan fingerprint density at radius 1 is 1.29 bits per heavy atom. The highest BCUT2D eigenvalue weighted by Crippen LogP contribution is 2.26. The van der Waals surface area contributed by atoms with E-state index in [0.29, 0.717) is 5.56 Å². The van der Waals surface area contributed by atoms with Crippen molar-refractivity contribution < 1.29 is 9.18 Å². The molecule has 0 bridgehead atoms. The van der Waals surface area contributed by atoms with E-state index in [4.69, 9.17) is 11.6 Å². The molecule has 2 aromatic carbocycles. The lowest BCUT2D eigenvalue weighted by Crippen LogP contribution is -2.05. The monoisotopic (exact) mass is 365 g/mol. The molecule has 106 valence electrons. The third-order valence-corrected chi connectivity index (χ3v) is 4.19. The molecule has 1 heterocycles. The van der Waals surface area contributed by atoms with Gasteiger partial charge in [-0.2, -0.15) is 0 Å². The van der Waals surface area contributed by atoms with Crippen LogP contribution in [0.3, 0.4) is 0 Å². The number of carbonyl (C=O) groups excluding carboxylic acids is 1. The average molecular weight is 367 g/mol. The largest absolute Gasteiger partial charge is 0.360 e. The number of aromatic nitrogens is 1. The Balaban J connectivity index is 2.00. The first-order valence-corrected chi connectivity index (χ1v) is 7.46. The lowest BCUT2D eigenvalue weighted by Gasteiger charge is -2.05. The summed E-state index contributed by atoms with van der Waals surface area (Å²) in [5, 5.41) is 1.08. The van der Waals surface area contributed by atoms with Crippen molar-refractivity contribution in [1.82, 2.24) is 4.98 Å². The average Bonchev–Trinajstić information content (AvgIpc) is 2.86. The van der Waals surface area contributed by atoms with E-state index in [1.807, 2.05) is 18.2 Å². The maximum Gasteiger partial charge on any atom is 0.169 e. The zero-order valence-electron chi connectivity index (χ0n) is 10.8. The molecular formula is C16H10BrClFNO. The van der Waals surface area contributed by atoms with E-state index in [-0.39, 0.29) is 22.8 Å². The maximum atomic E-state index is 13.8. The Morgan fingerprint density at radius 3 is 2.86 bits per heavy atom. The Hall–Kier alpha value is -1.65. The van der Waals surface area contributed by atoms with E-state index in [9.17, 15) is 9.18 Å². The van der Waals surface area contributed by atoms with Crippen LogP contribution < -0.4 is 0 Å². The van der Waals surface area contributed by atoms with Crippen molar-refractivity contribution in [2.75, 3.05) is 0 Å². The number of Topliss-reactive ketones (excluding diaryl/α,β-unsaturated/α-hetero) is 1. The molecule has 0 fully saturated rings. The molecule has 0 unspecified atom stereocenters. The molecule has 0 aliphatic heterocycles. The van der Waals surface area contributed by atoms with Gasteiger partial charge in [-0.1, -0.05) is 33.6 Å². The minimum atomic E-state index is -0.461. The third-order valence-electron chi connectivity index (χ3n) is 3.34. The van der Waals surface area contributed by atoms with Gasteiger partial charge in [-0.15, -0.1) is 0 Å². The summed E-state index contributed by atoms with van der Waals surface area (Å²) in [7, 11) is 0. The zero-order chi connectivity index (χ0) is 15.0. The standard InChI is InChI=1S/C16H10BrClFNO/c17-9-4-5-15-10(6-9)12(8-20-15)16(21)7-11-13(18)2-1-3-14(11)19/h1-6,8,20H,7H2. The van der Waals surface area contributed by atoms with Crippen LogP contribution in [0.1, 0.15) is 15.9 Å². The number of carbonyl (C=O) groups is 1. The number of hydrogen-bond donors (Lipinski definition) is 1. The van der Waals surface area contributed by atoms with Crippen molar-refractivity contribution in [1.29, 1.82) is 0 Å². The molecule has 5 heteroatoms. The number of ketones is 1. The second kappa shape index (κ2) is 5.62. The van der Waals surface area contributed by atoms with Crippen molar-refractivity contribution >= 4 is 44.2 Å². The molecule has 0 spiro atoms. The molecule has 0 aliphatic rings. The summed E-state index contributed by atoms with van der Waals surface area (Å²) in [5.41, 5.74) is 1.63. The van der Waals surface area contributed by atoms with Crippen LogP contribution >= 0.6 is 27.5 Å². The van der Waals surface area contributed by atoms with Gasteiger partial charge < -0.3 is 4.98 Å². The predicted molar refractivity (Wildman–Crippen MR) is 85.4 cm³/mol. The number of halogens is 3. The van der Waals surface area contributed by atoms with Gasteiger partial charge in [0.25, 0.3) is 0 Å². The Bertz CT molecular complexity index is 823. The third kappa shape index (κ3) is 2.74. The summed E-state index contributed by atoms with van der Waals surface area (Å²) < 4.78 is 14.7. The topological polar surface area (TPSA) is 32.9 Å². The van der Waals surface area contributed by atoms with Crippen LogP contribution in [0.15, 0.2) is 47.1 Å². The quantitative estimate of drug-likeness (QED) is 0.639. The van der Waals surface area contributed by atoms with Crippen LogP contribution in [0.25, 0.3) is 10.9 Å². The van der Waals surface area contributed by atoms with Crippen LogP contribution in [0.5, 0.6) is 0 Å². The van der Waals surface area contributed by atoms with Gasteiger partial charge in [0.05, 0.1) is 0 Å². The van der Waals surface area contributed by atoms with Gasteiger partial charge >= 0.3 is 0 Å². The first-order chi connectivity index (χ1) is 10.1. The highest BCUT2D eigenvalue weighted by Gasteiger charge is 2.16. The highest BCUT2D eigenvalue weighted by atomic mass is 79.9. The molecule has 2 nitrogen and oxygen atoms in total. The van der Waals surface area contributed by atoms with Gasteiger partial charge in [0, 0.05) is 44.1 Å². The lowest BCUT2D eigenvalue weighted by atomic mass is 10.0. The molecule has 3 aromatic rings. The van der Waals surface area contributed by atoms with Crippen molar-refractivity contribution in [2.24, 2.45) is 0 Å². The molecule has 1 N–H and O–H groups in total. The van der Waals surface area contributed by atoms with E-state index in [2.05, 4.69) is 20.9 Å². The first kappa shape index (κ1) is 14.3. The fraction of sp³-hybridized carbons (Fsp3) is 0.0625. The smallest absolute Gasteiger partial charge is 0.169 e. The summed E-state index contributed by atoms with van der Waals surface area (Å²) in [6.45, 7) is 0. The first-order valence-electron chi connectivity index (χ1n) is 6.29. The molecular weight excluding hydrogens is 357 g/mol. The second-order valence-corrected chi connectivity index (χ2v) is 6.02. The minimum absolute atomic E-state index is 0.0645. The molecule has 0 radical (unpaired) electrons. The summed E-state index contributed by atoms with van der Waals surface area (Å²) in [6, 6.07) is 10.0. The summed E-state index contributed by atoms with van der Waals surface area (Å²) in [4.78, 5) is 15.5. The summed E-state index contributed by atoms with van der Waals surface area (Å²) in [5.74, 6) is -0.636. The number of aromatic amines is 1. The molecule has 21 heavy (non-hydrogen) atoms. The van der Waals surface area contributed by atoms with E-state index >= 15 is 0 Å². The molecule has 3 rings (SSSR count). The number of H-pyrrole nitrogens is 1. The lowest BCUT2D eigenvalue weighted by molar-refractivity contribution is 0.0993. The van der Waals surface area contributed by atoms with Crippen LogP contribution in [-0.4, -0.2) is 10.8 Å². The van der Waals surface area contributed by atoms with E-state index in [0.717, 1.165) is 15.4 Å². The fourth-order valence-electron chi connectivity index (χ4n) is 2.28. The highest BCUT2D eigenvalue weighted by molar-refractivity contribution is 9.10. The van der Waals surface area contributed by atoms with Crippen molar-refractivity contribution in [3.8, 4) is 0 Å². The molecule has 1 aromatic heterocycles. The fourth-order valence-corrected chi connectivity index (χ4v) is 2.87. The summed E-state index contributed by atoms with van der Waals surface area (Å²) >= 11 is 9.36. The van der Waals surface area contributed by atoms with Gasteiger partial charge in [0.15, 0.2) is 5.78 Å². The second-order valence-electron chi connectivity index (χ2n) is 4.69. The van der Waals surface area contributed by atoms with Crippen molar-refractivity contribution in [3.63, 3.8) is 0 Å². The number of benzene rings is 2. The molecule has 0 atom stereocenters. The molecule has 0 saturated heterocycles. The van der Waals surface area contributed by atoms with Crippen LogP contribution in [0, 0.1) is 5.82 Å². The van der Waals surface area contributed by atoms with Gasteiger partial charge in [-0.3, -0.25) is 4.79 Å². The van der Waals surface area contributed by atoms with Crippen LogP contribution in [0.2, 0.25) is 5.02 Å². The van der Waals surface area contributed by atoms with Gasteiger partial charge in [0.2, 0.25) is 0 Å². The van der Waals surface area contributed by atoms with Crippen LogP contribution in [0.4, 0.5) is 4.39 Å². The SMILES string of the molecule is O=C(Cc1c(F)cccc1Cl)c1c[nH]c2ccc(Br)cc12. The molecule has 0 aliphatic carbocycles. The molecule has 0 amide bonds. The number of fused-ring (bicyclic) bond motifs is 1. The van der Waals surface area contributed by atoms with Gasteiger partial charge in [0.1, 0.15) is 5.82 Å². The van der Waals surface area contributed by atoms with E-state index < -0.39 is 5.82 Å².